The predicted molar refractivity (Wildman–Crippen MR) is 78.8 cm³/mol. The van der Waals surface area contributed by atoms with Gasteiger partial charge in [0.25, 0.3) is 0 Å². The van der Waals surface area contributed by atoms with E-state index in [0.717, 1.165) is 43.9 Å². The molecule has 0 aromatic heterocycles. The van der Waals surface area contributed by atoms with Gasteiger partial charge >= 0.3 is 0 Å². The van der Waals surface area contributed by atoms with Gasteiger partial charge < -0.3 is 15.5 Å². The monoisotopic (exact) mass is 261 g/mol. The Balaban J connectivity index is 1.77. The van der Waals surface area contributed by atoms with Gasteiger partial charge in [-0.3, -0.25) is 4.79 Å². The summed E-state index contributed by atoms with van der Waals surface area (Å²) < 4.78 is 0. The van der Waals surface area contributed by atoms with Gasteiger partial charge in [0.05, 0.1) is 0 Å². The first-order valence-corrected chi connectivity index (χ1v) is 6.92. The summed E-state index contributed by atoms with van der Waals surface area (Å²) in [6.45, 7) is 5.83. The third kappa shape index (κ3) is 4.04. The van der Waals surface area contributed by atoms with Crippen LogP contribution < -0.4 is 10.6 Å². The van der Waals surface area contributed by atoms with Crippen molar-refractivity contribution in [3.8, 4) is 0 Å². The van der Waals surface area contributed by atoms with Crippen molar-refractivity contribution >= 4 is 11.5 Å². The Morgan fingerprint density at radius 1 is 1.42 bits per heavy atom. The molecule has 1 aliphatic rings. The number of Topliss-reactive ketones (excluding diaryl/α,β-unsaturated/α-hetero) is 1. The molecule has 0 radical (unpaired) electrons. The summed E-state index contributed by atoms with van der Waals surface area (Å²) in [6, 6.07) is 8.30. The number of carbonyl (C=O) groups excluding carboxylic acids is 1. The number of likely N-dealkylation sites (N-methyl/N-ethyl adjacent to an activating group) is 1. The maximum absolute atomic E-state index is 11.2. The molecule has 1 atom stereocenters. The topological polar surface area (TPSA) is 44.4 Å². The van der Waals surface area contributed by atoms with Gasteiger partial charge in [0.1, 0.15) is 0 Å². The molecule has 2 rings (SSSR count). The lowest BCUT2D eigenvalue weighted by atomic mass is 10.1. The highest BCUT2D eigenvalue weighted by Gasteiger charge is 2.17. The minimum Gasteiger partial charge on any atom is -0.385 e. The number of piperazine rings is 1. The van der Waals surface area contributed by atoms with E-state index < -0.39 is 0 Å². The molecule has 0 bridgehead atoms. The quantitative estimate of drug-likeness (QED) is 0.790. The van der Waals surface area contributed by atoms with Gasteiger partial charge in [0.2, 0.25) is 0 Å². The van der Waals surface area contributed by atoms with Crippen molar-refractivity contribution in [1.29, 1.82) is 0 Å². The second-order valence-electron chi connectivity index (χ2n) is 5.19. The highest BCUT2D eigenvalue weighted by atomic mass is 16.1. The summed E-state index contributed by atoms with van der Waals surface area (Å²) in [5.74, 6) is 0.112. The first-order valence-electron chi connectivity index (χ1n) is 6.92. The number of anilines is 1. The van der Waals surface area contributed by atoms with E-state index in [2.05, 4.69) is 22.6 Å². The molecule has 0 aliphatic carbocycles. The summed E-state index contributed by atoms with van der Waals surface area (Å²) in [4.78, 5) is 13.6. The molecule has 1 aromatic carbocycles. The first kappa shape index (κ1) is 14.0. The largest absolute Gasteiger partial charge is 0.385 e. The molecule has 1 unspecified atom stereocenters. The predicted octanol–water partition coefficient (Wildman–Crippen LogP) is 1.59. The van der Waals surface area contributed by atoms with Crippen LogP contribution in [0.2, 0.25) is 0 Å². The standard InChI is InChI=1S/C15H23N3O/c1-12(19)13-3-5-14(6-4-13)17-8-7-15-11-16-9-10-18(15)2/h3-6,15-17H,7-11H2,1-2H3. The minimum atomic E-state index is 0.112. The van der Waals surface area contributed by atoms with Crippen molar-refractivity contribution in [2.75, 3.05) is 38.5 Å². The van der Waals surface area contributed by atoms with Gasteiger partial charge in [0, 0.05) is 43.5 Å². The van der Waals surface area contributed by atoms with E-state index in [4.69, 9.17) is 0 Å². The van der Waals surface area contributed by atoms with Crippen LogP contribution in [0.4, 0.5) is 5.69 Å². The number of nitrogens with zero attached hydrogens (tertiary/aromatic N) is 1. The Morgan fingerprint density at radius 2 is 2.16 bits per heavy atom. The normalized spacial score (nSPS) is 20.2. The zero-order valence-corrected chi connectivity index (χ0v) is 11.8. The number of carbonyl (C=O) groups is 1. The second kappa shape index (κ2) is 6.68. The maximum atomic E-state index is 11.2. The summed E-state index contributed by atoms with van der Waals surface area (Å²) in [6.07, 6.45) is 1.12. The average molecular weight is 261 g/mol. The van der Waals surface area contributed by atoms with Crippen LogP contribution in [0.3, 0.4) is 0 Å². The molecule has 0 amide bonds. The molecule has 1 saturated heterocycles. The summed E-state index contributed by atoms with van der Waals surface area (Å²) >= 11 is 0. The van der Waals surface area contributed by atoms with Gasteiger partial charge in [0.15, 0.2) is 5.78 Å². The van der Waals surface area contributed by atoms with E-state index in [1.807, 2.05) is 24.3 Å². The van der Waals surface area contributed by atoms with Gasteiger partial charge in [-0.15, -0.1) is 0 Å². The third-order valence-electron chi connectivity index (χ3n) is 3.74. The number of hydrogen-bond acceptors (Lipinski definition) is 4. The number of hydrogen-bond donors (Lipinski definition) is 2. The summed E-state index contributed by atoms with van der Waals surface area (Å²) in [5.41, 5.74) is 1.85. The minimum absolute atomic E-state index is 0.112. The molecule has 4 heteroatoms. The molecule has 1 fully saturated rings. The van der Waals surface area contributed by atoms with E-state index >= 15 is 0 Å². The van der Waals surface area contributed by atoms with Crippen molar-refractivity contribution in [3.05, 3.63) is 29.8 Å². The van der Waals surface area contributed by atoms with Crippen LogP contribution in [-0.2, 0) is 0 Å². The molecular formula is C15H23N3O. The van der Waals surface area contributed by atoms with Crippen molar-refractivity contribution < 1.29 is 4.79 Å². The highest BCUT2D eigenvalue weighted by molar-refractivity contribution is 5.94. The Bertz CT molecular complexity index is 416. The Hall–Kier alpha value is -1.39. The number of ketones is 1. The summed E-state index contributed by atoms with van der Waals surface area (Å²) in [7, 11) is 2.19. The molecule has 0 saturated carbocycles. The van der Waals surface area contributed by atoms with E-state index in [-0.39, 0.29) is 5.78 Å². The molecule has 104 valence electrons. The first-order chi connectivity index (χ1) is 9.16. The van der Waals surface area contributed by atoms with Crippen LogP contribution in [0.1, 0.15) is 23.7 Å². The van der Waals surface area contributed by atoms with Crippen molar-refractivity contribution in [2.45, 2.75) is 19.4 Å². The Labute approximate surface area is 115 Å². The van der Waals surface area contributed by atoms with Crippen LogP contribution in [0, 0.1) is 0 Å². The zero-order valence-electron chi connectivity index (χ0n) is 11.8. The van der Waals surface area contributed by atoms with Crippen LogP contribution >= 0.6 is 0 Å². The molecular weight excluding hydrogens is 238 g/mol. The third-order valence-corrected chi connectivity index (χ3v) is 3.74. The lowest BCUT2D eigenvalue weighted by Crippen LogP contribution is -2.49. The fourth-order valence-corrected chi connectivity index (χ4v) is 2.39. The van der Waals surface area contributed by atoms with Crippen molar-refractivity contribution in [1.82, 2.24) is 10.2 Å². The summed E-state index contributed by atoms with van der Waals surface area (Å²) in [5, 5.41) is 6.84. The lowest BCUT2D eigenvalue weighted by molar-refractivity contribution is 0.101. The van der Waals surface area contributed by atoms with Crippen LogP contribution in [0.25, 0.3) is 0 Å². The van der Waals surface area contributed by atoms with Gasteiger partial charge in [-0.2, -0.15) is 0 Å². The van der Waals surface area contributed by atoms with Crippen LogP contribution in [0.5, 0.6) is 0 Å². The average Bonchev–Trinajstić information content (AvgIpc) is 2.41. The SMILES string of the molecule is CC(=O)c1ccc(NCCC2CNCCN2C)cc1. The molecule has 0 spiro atoms. The highest BCUT2D eigenvalue weighted by Crippen LogP contribution is 2.11. The molecule has 1 aliphatic heterocycles. The number of nitrogens with one attached hydrogen (secondary N) is 2. The van der Waals surface area contributed by atoms with Crippen molar-refractivity contribution in [3.63, 3.8) is 0 Å². The van der Waals surface area contributed by atoms with Crippen LogP contribution in [0.15, 0.2) is 24.3 Å². The number of rotatable bonds is 5. The van der Waals surface area contributed by atoms with Gasteiger partial charge in [-0.05, 0) is 44.7 Å². The Morgan fingerprint density at radius 3 is 2.79 bits per heavy atom. The fourth-order valence-electron chi connectivity index (χ4n) is 2.39. The van der Waals surface area contributed by atoms with Crippen molar-refractivity contribution in [2.24, 2.45) is 0 Å². The second-order valence-corrected chi connectivity index (χ2v) is 5.19. The molecule has 4 nitrogen and oxygen atoms in total. The Kier molecular flexibility index (Phi) is 4.93. The molecule has 1 aromatic rings. The van der Waals surface area contributed by atoms with E-state index in [9.17, 15) is 4.79 Å². The van der Waals surface area contributed by atoms with E-state index in [1.54, 1.807) is 6.92 Å². The fraction of sp³-hybridized carbons (Fsp3) is 0.533. The lowest BCUT2D eigenvalue weighted by Gasteiger charge is -2.33. The molecule has 2 N–H and O–H groups in total. The van der Waals surface area contributed by atoms with E-state index in [0.29, 0.717) is 6.04 Å². The van der Waals surface area contributed by atoms with Gasteiger partial charge in [-0.1, -0.05) is 0 Å². The maximum Gasteiger partial charge on any atom is 0.159 e. The zero-order chi connectivity index (χ0) is 13.7. The van der Waals surface area contributed by atoms with Gasteiger partial charge in [-0.25, -0.2) is 0 Å². The van der Waals surface area contributed by atoms with E-state index in [1.165, 1.54) is 0 Å². The number of benzene rings is 1. The molecule has 1 heterocycles. The molecule has 19 heavy (non-hydrogen) atoms. The smallest absolute Gasteiger partial charge is 0.159 e. The van der Waals surface area contributed by atoms with Crippen LogP contribution in [-0.4, -0.2) is 50.0 Å².